The molecule has 1 amide bonds. The van der Waals surface area contributed by atoms with Gasteiger partial charge in [0.2, 0.25) is 5.91 Å². The molecule has 5 N–H and O–H groups in total. The highest BCUT2D eigenvalue weighted by atomic mass is 28.4. The molecule has 6 nitrogen and oxygen atoms in total. The molecule has 14 heavy (non-hydrogen) atoms. The third kappa shape index (κ3) is 3.72. The summed E-state index contributed by atoms with van der Waals surface area (Å²) < 4.78 is 0. The standard InChI is InChI=1S/C7H16N2O4Si/c8-6-4-7(10)9(5-6)2-1-3-14(11,12)13/h6,11-13H,1-5,8H2. The molecule has 0 radical (unpaired) electrons. The van der Waals surface area contributed by atoms with Crippen LogP contribution in [-0.2, 0) is 4.79 Å². The van der Waals surface area contributed by atoms with Gasteiger partial charge < -0.3 is 25.0 Å². The van der Waals surface area contributed by atoms with Crippen molar-refractivity contribution in [2.45, 2.75) is 24.9 Å². The number of likely N-dealkylation sites (tertiary alicyclic amines) is 1. The first-order valence-electron chi connectivity index (χ1n) is 4.59. The third-order valence-electron chi connectivity index (χ3n) is 2.18. The van der Waals surface area contributed by atoms with Gasteiger partial charge in [0.25, 0.3) is 0 Å². The molecule has 0 bridgehead atoms. The zero-order valence-electron chi connectivity index (χ0n) is 7.89. The van der Waals surface area contributed by atoms with E-state index in [1.54, 1.807) is 4.90 Å². The predicted octanol–water partition coefficient (Wildman–Crippen LogP) is -2.15. The lowest BCUT2D eigenvalue weighted by Crippen LogP contribution is -2.36. The molecule has 0 aromatic heterocycles. The van der Waals surface area contributed by atoms with Crippen LogP contribution in [0.25, 0.3) is 0 Å². The van der Waals surface area contributed by atoms with E-state index in [2.05, 4.69) is 0 Å². The summed E-state index contributed by atoms with van der Waals surface area (Å²) in [6.45, 7) is 0.957. The van der Waals surface area contributed by atoms with Crippen LogP contribution in [0.4, 0.5) is 0 Å². The Morgan fingerprint density at radius 2 is 2.14 bits per heavy atom. The number of hydrogen-bond acceptors (Lipinski definition) is 5. The molecule has 82 valence electrons. The second-order valence-electron chi connectivity index (χ2n) is 3.68. The highest BCUT2D eigenvalue weighted by molar-refractivity contribution is 6.56. The molecule has 1 rings (SSSR count). The Hall–Kier alpha value is -0.473. The van der Waals surface area contributed by atoms with Gasteiger partial charge in [-0.2, -0.15) is 0 Å². The highest BCUT2D eigenvalue weighted by Gasteiger charge is 2.29. The van der Waals surface area contributed by atoms with E-state index in [9.17, 15) is 4.79 Å². The normalized spacial score (nSPS) is 23.3. The smallest absolute Gasteiger partial charge is 0.390 e. The van der Waals surface area contributed by atoms with E-state index in [1.165, 1.54) is 0 Å². The molecule has 1 fully saturated rings. The number of nitrogens with two attached hydrogens (primary N) is 1. The number of hydrogen-bond donors (Lipinski definition) is 4. The molecule has 1 aliphatic rings. The zero-order chi connectivity index (χ0) is 10.8. The summed E-state index contributed by atoms with van der Waals surface area (Å²) >= 11 is 0. The van der Waals surface area contributed by atoms with Gasteiger partial charge in [-0.3, -0.25) is 4.79 Å². The average molecular weight is 220 g/mol. The summed E-state index contributed by atoms with van der Waals surface area (Å²) in [7, 11) is -3.94. The van der Waals surface area contributed by atoms with E-state index < -0.39 is 8.80 Å². The minimum Gasteiger partial charge on any atom is -0.390 e. The quantitative estimate of drug-likeness (QED) is 0.404. The lowest BCUT2D eigenvalue weighted by Gasteiger charge is -2.16. The second-order valence-corrected chi connectivity index (χ2v) is 5.73. The van der Waals surface area contributed by atoms with Gasteiger partial charge in [-0.15, -0.1) is 0 Å². The van der Waals surface area contributed by atoms with Gasteiger partial charge >= 0.3 is 8.80 Å². The third-order valence-corrected chi connectivity index (χ3v) is 3.21. The Kier molecular flexibility index (Phi) is 3.62. The molecule has 1 heterocycles. The molecule has 0 aliphatic carbocycles. The predicted molar refractivity (Wildman–Crippen MR) is 51.0 cm³/mol. The lowest BCUT2D eigenvalue weighted by atomic mass is 10.3. The Balaban J connectivity index is 2.22. The maximum Gasteiger partial charge on any atom is 0.492 e. The Morgan fingerprint density at radius 3 is 2.57 bits per heavy atom. The van der Waals surface area contributed by atoms with Gasteiger partial charge in [0.1, 0.15) is 0 Å². The summed E-state index contributed by atoms with van der Waals surface area (Å²) in [6.07, 6.45) is 0.758. The maximum absolute atomic E-state index is 11.2. The highest BCUT2D eigenvalue weighted by Crippen LogP contribution is 2.11. The van der Waals surface area contributed by atoms with Crippen molar-refractivity contribution < 1.29 is 19.2 Å². The SMILES string of the molecule is NC1CC(=O)N(CCC[Si](O)(O)O)C1. The molecule has 1 aliphatic heterocycles. The molecular weight excluding hydrogens is 204 g/mol. The molecule has 0 saturated carbocycles. The number of amides is 1. The van der Waals surface area contributed by atoms with Gasteiger partial charge in [0.05, 0.1) is 0 Å². The van der Waals surface area contributed by atoms with Crippen LogP contribution in [-0.4, -0.2) is 53.1 Å². The molecule has 7 heteroatoms. The van der Waals surface area contributed by atoms with Crippen LogP contribution in [0.5, 0.6) is 0 Å². The van der Waals surface area contributed by atoms with Crippen molar-refractivity contribution in [1.82, 2.24) is 4.90 Å². The van der Waals surface area contributed by atoms with Crippen LogP contribution < -0.4 is 5.73 Å². The van der Waals surface area contributed by atoms with E-state index in [4.69, 9.17) is 20.1 Å². The molecule has 0 aromatic carbocycles. The van der Waals surface area contributed by atoms with E-state index in [-0.39, 0.29) is 18.0 Å². The van der Waals surface area contributed by atoms with Crippen LogP contribution in [0.2, 0.25) is 6.04 Å². The maximum atomic E-state index is 11.2. The van der Waals surface area contributed by atoms with Gasteiger partial charge in [0.15, 0.2) is 0 Å². The van der Waals surface area contributed by atoms with Crippen LogP contribution in [0.15, 0.2) is 0 Å². The first kappa shape index (κ1) is 11.6. The van der Waals surface area contributed by atoms with Crippen molar-refractivity contribution in [1.29, 1.82) is 0 Å². The average Bonchev–Trinajstić information content (AvgIpc) is 2.27. The van der Waals surface area contributed by atoms with Crippen LogP contribution >= 0.6 is 0 Å². The minimum absolute atomic E-state index is 0.00131. The van der Waals surface area contributed by atoms with Crippen molar-refractivity contribution in [3.63, 3.8) is 0 Å². The number of carbonyl (C=O) groups is 1. The molecule has 1 unspecified atom stereocenters. The van der Waals surface area contributed by atoms with Crippen molar-refractivity contribution >= 4 is 14.7 Å². The largest absolute Gasteiger partial charge is 0.492 e. The lowest BCUT2D eigenvalue weighted by molar-refractivity contribution is -0.127. The fourth-order valence-electron chi connectivity index (χ4n) is 1.53. The van der Waals surface area contributed by atoms with E-state index in [0.717, 1.165) is 0 Å². The monoisotopic (exact) mass is 220 g/mol. The van der Waals surface area contributed by atoms with Gasteiger partial charge in [-0.05, 0) is 6.42 Å². The molecule has 1 saturated heterocycles. The first-order valence-corrected chi connectivity index (χ1v) is 6.64. The number of nitrogens with zero attached hydrogens (tertiary/aromatic N) is 1. The minimum atomic E-state index is -3.94. The Bertz CT molecular complexity index is 218. The Labute approximate surface area is 83.3 Å². The fraction of sp³-hybridized carbons (Fsp3) is 0.857. The van der Waals surface area contributed by atoms with Gasteiger partial charge in [0, 0.05) is 31.6 Å². The summed E-state index contributed by atoms with van der Waals surface area (Å²) in [4.78, 5) is 39.0. The zero-order valence-corrected chi connectivity index (χ0v) is 8.89. The van der Waals surface area contributed by atoms with E-state index in [0.29, 0.717) is 25.9 Å². The van der Waals surface area contributed by atoms with Gasteiger partial charge in [-0.25, -0.2) is 0 Å². The van der Waals surface area contributed by atoms with Crippen molar-refractivity contribution in [2.24, 2.45) is 5.73 Å². The van der Waals surface area contributed by atoms with Crippen LogP contribution in [0.3, 0.4) is 0 Å². The molecule has 1 atom stereocenters. The molecule has 0 spiro atoms. The summed E-state index contributed by atoms with van der Waals surface area (Å²) in [5, 5.41) is 0. The fourth-order valence-corrected chi connectivity index (χ4v) is 2.16. The van der Waals surface area contributed by atoms with Crippen molar-refractivity contribution in [2.75, 3.05) is 13.1 Å². The van der Waals surface area contributed by atoms with Crippen molar-refractivity contribution in [3.8, 4) is 0 Å². The summed E-state index contributed by atoms with van der Waals surface area (Å²) in [5.41, 5.74) is 5.57. The first-order chi connectivity index (χ1) is 6.38. The Morgan fingerprint density at radius 1 is 1.50 bits per heavy atom. The van der Waals surface area contributed by atoms with E-state index >= 15 is 0 Å². The number of carbonyl (C=O) groups excluding carboxylic acids is 1. The second kappa shape index (κ2) is 4.37. The summed E-state index contributed by atoms with van der Waals surface area (Å²) in [5.74, 6) is -0.00131. The summed E-state index contributed by atoms with van der Waals surface area (Å²) in [6, 6.07) is -0.145. The van der Waals surface area contributed by atoms with Crippen LogP contribution in [0.1, 0.15) is 12.8 Å². The molecular formula is C7H16N2O4Si. The number of rotatable bonds is 4. The van der Waals surface area contributed by atoms with Crippen molar-refractivity contribution in [3.05, 3.63) is 0 Å². The topological polar surface area (TPSA) is 107 Å². The van der Waals surface area contributed by atoms with Gasteiger partial charge in [-0.1, -0.05) is 0 Å². The molecule has 0 aromatic rings. The van der Waals surface area contributed by atoms with Crippen LogP contribution in [0, 0.1) is 0 Å². The van der Waals surface area contributed by atoms with E-state index in [1.807, 2.05) is 0 Å².